The van der Waals surface area contributed by atoms with Crippen molar-refractivity contribution in [1.82, 2.24) is 14.8 Å². The normalized spacial score (nSPS) is 10.4. The first-order chi connectivity index (χ1) is 11.2. The van der Waals surface area contributed by atoms with Crippen LogP contribution in [0.1, 0.15) is 12.0 Å². The number of pyridine rings is 1. The summed E-state index contributed by atoms with van der Waals surface area (Å²) in [4.78, 5) is 16.3. The zero-order valence-corrected chi connectivity index (χ0v) is 12.8. The fourth-order valence-corrected chi connectivity index (χ4v) is 2.35. The first kappa shape index (κ1) is 15.0. The van der Waals surface area contributed by atoms with Gasteiger partial charge in [0.15, 0.2) is 11.6 Å². The average Bonchev–Trinajstić information content (AvgIpc) is 2.97. The number of carbonyl (C=O) groups excluding carboxylic acids is 1. The van der Waals surface area contributed by atoms with Gasteiger partial charge in [0, 0.05) is 17.7 Å². The molecule has 0 saturated carbocycles. The summed E-state index contributed by atoms with van der Waals surface area (Å²) in [5.41, 5.74) is 1.07. The summed E-state index contributed by atoms with van der Waals surface area (Å²) in [5.74, 6) is 0.742. The number of anilines is 1. The summed E-state index contributed by atoms with van der Waals surface area (Å²) >= 11 is 5.57. The predicted octanol–water partition coefficient (Wildman–Crippen LogP) is 2.86. The van der Waals surface area contributed by atoms with E-state index in [1.165, 1.54) is 10.9 Å². The van der Waals surface area contributed by atoms with E-state index >= 15 is 0 Å². The highest BCUT2D eigenvalue weighted by Gasteiger charge is 2.15. The van der Waals surface area contributed by atoms with Crippen molar-refractivity contribution in [3.05, 3.63) is 48.2 Å². The number of amides is 1. The van der Waals surface area contributed by atoms with Gasteiger partial charge in [0.1, 0.15) is 11.6 Å². The van der Waals surface area contributed by atoms with Gasteiger partial charge in [-0.3, -0.25) is 4.79 Å². The Morgan fingerprint density at radius 2 is 2.13 bits per heavy atom. The lowest BCUT2D eigenvalue weighted by atomic mass is 10.2. The Labute approximate surface area is 137 Å². The fourth-order valence-electron chi connectivity index (χ4n) is 2.18. The van der Waals surface area contributed by atoms with E-state index in [0.29, 0.717) is 11.6 Å². The van der Waals surface area contributed by atoms with Crippen LogP contribution in [0.3, 0.4) is 0 Å². The van der Waals surface area contributed by atoms with E-state index < -0.39 is 0 Å². The van der Waals surface area contributed by atoms with E-state index in [4.69, 9.17) is 11.6 Å². The molecular weight excluding hydrogens is 314 g/mol. The molecule has 0 aliphatic carbocycles. The molecule has 0 aliphatic rings. The van der Waals surface area contributed by atoms with Crippen molar-refractivity contribution in [2.24, 2.45) is 0 Å². The molecule has 0 radical (unpaired) electrons. The van der Waals surface area contributed by atoms with Gasteiger partial charge in [-0.25, -0.2) is 4.98 Å². The third kappa shape index (κ3) is 3.00. The summed E-state index contributed by atoms with van der Waals surface area (Å²) in [6.07, 6.45) is 1.55. The van der Waals surface area contributed by atoms with Crippen molar-refractivity contribution in [3.8, 4) is 11.9 Å². The van der Waals surface area contributed by atoms with Crippen molar-refractivity contribution in [3.63, 3.8) is 0 Å². The molecule has 0 saturated heterocycles. The molecule has 3 aromatic rings. The number of halogens is 1. The summed E-state index contributed by atoms with van der Waals surface area (Å²) in [6.45, 7) is 0. The number of carbonyl (C=O) groups is 1. The zero-order valence-electron chi connectivity index (χ0n) is 12.0. The van der Waals surface area contributed by atoms with Crippen molar-refractivity contribution >= 4 is 34.2 Å². The van der Waals surface area contributed by atoms with Crippen LogP contribution in [0.5, 0.6) is 0 Å². The van der Waals surface area contributed by atoms with E-state index in [-0.39, 0.29) is 23.8 Å². The van der Waals surface area contributed by atoms with E-state index in [0.717, 1.165) is 10.9 Å². The van der Waals surface area contributed by atoms with Crippen molar-refractivity contribution in [1.29, 1.82) is 5.26 Å². The Balaban J connectivity index is 2.06. The minimum atomic E-state index is -0.279. The van der Waals surface area contributed by atoms with E-state index in [9.17, 15) is 10.1 Å². The first-order valence-corrected chi connectivity index (χ1v) is 7.46. The summed E-state index contributed by atoms with van der Waals surface area (Å²) in [6, 6.07) is 13.4. The van der Waals surface area contributed by atoms with Gasteiger partial charge in [-0.2, -0.15) is 15.0 Å². The van der Waals surface area contributed by atoms with Gasteiger partial charge in [0.05, 0.1) is 11.7 Å². The third-order valence-corrected chi connectivity index (χ3v) is 3.46. The number of para-hydroxylation sites is 1. The number of nitrogens with zero attached hydrogens (tertiary/aromatic N) is 4. The highest BCUT2D eigenvalue weighted by molar-refractivity contribution is 6.19. The molecule has 2 aromatic heterocycles. The summed E-state index contributed by atoms with van der Waals surface area (Å²) < 4.78 is 1.44. The van der Waals surface area contributed by atoms with Crippen molar-refractivity contribution in [2.45, 2.75) is 6.42 Å². The molecule has 0 atom stereocenters. The van der Waals surface area contributed by atoms with Crippen LogP contribution in [0.25, 0.3) is 16.7 Å². The quantitative estimate of drug-likeness (QED) is 0.747. The van der Waals surface area contributed by atoms with Gasteiger partial charge < -0.3 is 5.32 Å². The second kappa shape index (κ2) is 6.46. The monoisotopic (exact) mass is 325 g/mol. The number of alkyl halides is 1. The first-order valence-electron chi connectivity index (χ1n) is 6.93. The minimum absolute atomic E-state index is 0.156. The van der Waals surface area contributed by atoms with Gasteiger partial charge in [0.25, 0.3) is 0 Å². The molecule has 2 heterocycles. The average molecular weight is 326 g/mol. The lowest BCUT2D eigenvalue weighted by Gasteiger charge is -2.09. The van der Waals surface area contributed by atoms with Gasteiger partial charge >= 0.3 is 0 Å². The van der Waals surface area contributed by atoms with Gasteiger partial charge in [-0.15, -0.1) is 11.6 Å². The number of nitriles is 1. The number of fused-ring (bicyclic) bond motifs is 1. The van der Waals surface area contributed by atoms with Gasteiger partial charge in [-0.05, 0) is 18.2 Å². The Kier molecular flexibility index (Phi) is 4.22. The Morgan fingerprint density at radius 1 is 1.30 bits per heavy atom. The molecule has 114 valence electrons. The molecule has 23 heavy (non-hydrogen) atoms. The van der Waals surface area contributed by atoms with Crippen LogP contribution in [0, 0.1) is 11.3 Å². The second-order valence-electron chi connectivity index (χ2n) is 4.78. The molecule has 0 fully saturated rings. The highest BCUT2D eigenvalue weighted by Crippen LogP contribution is 2.21. The molecule has 0 spiro atoms. The lowest BCUT2D eigenvalue weighted by Crippen LogP contribution is -2.16. The molecule has 0 bridgehead atoms. The van der Waals surface area contributed by atoms with Crippen LogP contribution < -0.4 is 5.32 Å². The fraction of sp³-hybridized carbons (Fsp3) is 0.125. The predicted molar refractivity (Wildman–Crippen MR) is 87.5 cm³/mol. The smallest absolute Gasteiger partial charge is 0.226 e. The molecule has 1 amide bonds. The molecular formula is C16H12ClN5O. The number of hydrogen-bond acceptors (Lipinski definition) is 4. The Hall–Kier alpha value is -2.91. The largest absolute Gasteiger partial charge is 0.309 e. The maximum atomic E-state index is 11.8. The topological polar surface area (TPSA) is 83.6 Å². The van der Waals surface area contributed by atoms with E-state index in [1.54, 1.807) is 6.07 Å². The maximum absolute atomic E-state index is 11.8. The Bertz CT molecular complexity index is 912. The Morgan fingerprint density at radius 3 is 2.91 bits per heavy atom. The van der Waals surface area contributed by atoms with Crippen molar-refractivity contribution < 1.29 is 4.79 Å². The second-order valence-corrected chi connectivity index (χ2v) is 5.16. The summed E-state index contributed by atoms with van der Waals surface area (Å²) in [5, 5.41) is 17.0. The van der Waals surface area contributed by atoms with Crippen molar-refractivity contribution in [2.75, 3.05) is 11.2 Å². The van der Waals surface area contributed by atoms with Gasteiger partial charge in [-0.1, -0.05) is 18.2 Å². The number of hydrogen-bond donors (Lipinski definition) is 1. The van der Waals surface area contributed by atoms with Crippen LogP contribution in [-0.2, 0) is 4.79 Å². The zero-order chi connectivity index (χ0) is 16.2. The highest BCUT2D eigenvalue weighted by atomic mass is 35.5. The number of benzene rings is 1. The van der Waals surface area contributed by atoms with Crippen LogP contribution in [0.4, 0.5) is 5.82 Å². The molecule has 1 aromatic carbocycles. The molecule has 6 nitrogen and oxygen atoms in total. The van der Waals surface area contributed by atoms with E-state index in [2.05, 4.69) is 15.4 Å². The lowest BCUT2D eigenvalue weighted by molar-refractivity contribution is -0.115. The van der Waals surface area contributed by atoms with E-state index in [1.807, 2.05) is 36.4 Å². The molecule has 3 rings (SSSR count). The number of nitrogens with one attached hydrogen (secondary N) is 1. The molecule has 1 N–H and O–H groups in total. The molecule has 0 aliphatic heterocycles. The minimum Gasteiger partial charge on any atom is -0.309 e. The van der Waals surface area contributed by atoms with Gasteiger partial charge in [0.2, 0.25) is 5.91 Å². The maximum Gasteiger partial charge on any atom is 0.226 e. The number of aromatic nitrogens is 3. The summed E-state index contributed by atoms with van der Waals surface area (Å²) in [7, 11) is 0. The van der Waals surface area contributed by atoms with Crippen LogP contribution in [0.2, 0.25) is 0 Å². The van der Waals surface area contributed by atoms with Crippen LogP contribution in [0.15, 0.2) is 42.6 Å². The SMILES string of the molecule is N#Cc1cnn(-c2ccc3ccccc3n2)c1NC(=O)CCCl. The molecule has 0 unspecified atom stereocenters. The van der Waals surface area contributed by atoms with Crippen LogP contribution in [-0.4, -0.2) is 26.6 Å². The molecule has 7 heteroatoms. The standard InChI is InChI=1S/C16H12ClN5O/c17-8-7-15(23)21-16-12(9-18)10-19-22(16)14-6-5-11-3-1-2-4-13(11)20-14/h1-6,10H,7-8H2,(H,21,23). The third-order valence-electron chi connectivity index (χ3n) is 3.27. The van der Waals surface area contributed by atoms with Crippen LogP contribution >= 0.6 is 11.6 Å². The number of rotatable bonds is 4.